The van der Waals surface area contributed by atoms with Gasteiger partial charge in [0.2, 0.25) is 0 Å². The highest BCUT2D eigenvalue weighted by atomic mass is 32.2. The van der Waals surface area contributed by atoms with Crippen LogP contribution in [0.25, 0.3) is 22.2 Å². The third kappa shape index (κ3) is 2.76. The van der Waals surface area contributed by atoms with Crippen LogP contribution in [0.15, 0.2) is 53.4 Å². The van der Waals surface area contributed by atoms with E-state index in [0.29, 0.717) is 12.0 Å². The predicted octanol–water partition coefficient (Wildman–Crippen LogP) is 4.51. The van der Waals surface area contributed by atoms with Crippen molar-refractivity contribution in [1.82, 2.24) is 9.29 Å². The third-order valence-electron chi connectivity index (χ3n) is 6.65. The summed E-state index contributed by atoms with van der Waals surface area (Å²) in [5.74, 6) is 0.427. The fraction of sp³-hybridized carbons (Fsp3) is 0.391. The van der Waals surface area contributed by atoms with E-state index < -0.39 is 0 Å². The Morgan fingerprint density at radius 2 is 1.93 bits per heavy atom. The number of nitrogens with one attached hydrogen (secondary N) is 1. The molecule has 2 bridgehead atoms. The lowest BCUT2D eigenvalue weighted by Gasteiger charge is -2.33. The maximum Gasteiger partial charge on any atom is 0.0605 e. The summed E-state index contributed by atoms with van der Waals surface area (Å²) in [6.45, 7) is 3.33. The fourth-order valence-electron chi connectivity index (χ4n) is 5.01. The van der Waals surface area contributed by atoms with Crippen molar-refractivity contribution in [3.63, 3.8) is 0 Å². The summed E-state index contributed by atoms with van der Waals surface area (Å²) in [6.07, 6.45) is 3.22. The first-order valence-corrected chi connectivity index (χ1v) is 11.1. The van der Waals surface area contributed by atoms with Crippen LogP contribution >= 0.6 is 11.9 Å². The van der Waals surface area contributed by atoms with E-state index in [2.05, 4.69) is 62.7 Å². The number of benzene rings is 2. The quantitative estimate of drug-likeness (QED) is 0.643. The molecule has 0 spiro atoms. The van der Waals surface area contributed by atoms with Crippen molar-refractivity contribution in [1.29, 1.82) is 0 Å². The number of aromatic amines is 1. The van der Waals surface area contributed by atoms with Gasteiger partial charge in [-0.1, -0.05) is 18.2 Å². The van der Waals surface area contributed by atoms with Gasteiger partial charge in [0, 0.05) is 64.3 Å². The van der Waals surface area contributed by atoms with Gasteiger partial charge in [0.05, 0.1) is 6.10 Å². The highest BCUT2D eigenvalue weighted by molar-refractivity contribution is 7.97. The molecule has 2 aromatic carbocycles. The molecule has 5 heteroatoms. The van der Waals surface area contributed by atoms with Crippen molar-refractivity contribution < 1.29 is 5.11 Å². The SMILES string of the molecule is OC1C[C@H]2CC1CN2c1ccc(SN2CCC2)cc1-c1cc2ccccc2[nH]1. The number of nitrogens with zero attached hydrogens (tertiary/aromatic N) is 2. The van der Waals surface area contributed by atoms with Gasteiger partial charge in [-0.05, 0) is 61.5 Å². The minimum atomic E-state index is -0.112. The Kier molecular flexibility index (Phi) is 3.96. The Bertz CT molecular complexity index is 993. The van der Waals surface area contributed by atoms with Gasteiger partial charge < -0.3 is 15.0 Å². The molecule has 144 valence electrons. The molecule has 3 fully saturated rings. The van der Waals surface area contributed by atoms with Crippen molar-refractivity contribution in [2.24, 2.45) is 5.92 Å². The molecule has 1 saturated carbocycles. The van der Waals surface area contributed by atoms with E-state index in [0.717, 1.165) is 19.4 Å². The molecule has 28 heavy (non-hydrogen) atoms. The van der Waals surface area contributed by atoms with Crippen LogP contribution in [0.1, 0.15) is 19.3 Å². The molecule has 1 aromatic heterocycles. The summed E-state index contributed by atoms with van der Waals surface area (Å²) in [6, 6.07) is 18.2. The predicted molar refractivity (Wildman–Crippen MR) is 116 cm³/mol. The number of hydrogen-bond donors (Lipinski definition) is 2. The Labute approximate surface area is 169 Å². The molecule has 6 rings (SSSR count). The van der Waals surface area contributed by atoms with Crippen molar-refractivity contribution in [3.05, 3.63) is 48.5 Å². The summed E-state index contributed by atoms with van der Waals surface area (Å²) in [5.41, 5.74) is 4.95. The fourth-order valence-corrected chi connectivity index (χ4v) is 6.04. The van der Waals surface area contributed by atoms with Gasteiger partial charge in [0.15, 0.2) is 0 Å². The lowest BCUT2D eigenvalue weighted by Crippen LogP contribution is -2.37. The highest BCUT2D eigenvalue weighted by Gasteiger charge is 2.44. The minimum Gasteiger partial charge on any atom is -0.393 e. The number of H-pyrrole nitrogens is 1. The van der Waals surface area contributed by atoms with Crippen LogP contribution in [-0.2, 0) is 0 Å². The number of hydrogen-bond acceptors (Lipinski definition) is 4. The minimum absolute atomic E-state index is 0.112. The van der Waals surface area contributed by atoms with Gasteiger partial charge >= 0.3 is 0 Å². The summed E-state index contributed by atoms with van der Waals surface area (Å²) in [4.78, 5) is 7.48. The van der Waals surface area contributed by atoms with Gasteiger partial charge in [-0.3, -0.25) is 0 Å². The smallest absolute Gasteiger partial charge is 0.0605 e. The Balaban J connectivity index is 1.42. The first-order valence-electron chi connectivity index (χ1n) is 10.3. The van der Waals surface area contributed by atoms with Crippen LogP contribution in [0.4, 0.5) is 5.69 Å². The molecular formula is C23H25N3OS. The molecule has 3 aromatic rings. The average Bonchev–Trinajstić information content (AvgIpc) is 3.37. The van der Waals surface area contributed by atoms with Gasteiger partial charge in [-0.15, -0.1) is 0 Å². The zero-order chi connectivity index (χ0) is 18.7. The topological polar surface area (TPSA) is 42.5 Å². The van der Waals surface area contributed by atoms with E-state index in [9.17, 15) is 5.11 Å². The van der Waals surface area contributed by atoms with Crippen LogP contribution in [0.3, 0.4) is 0 Å². The number of aromatic nitrogens is 1. The van der Waals surface area contributed by atoms with Crippen molar-refractivity contribution >= 4 is 28.5 Å². The molecule has 2 aliphatic heterocycles. The number of fused-ring (bicyclic) bond motifs is 3. The molecule has 1 aliphatic carbocycles. The first-order chi connectivity index (χ1) is 13.7. The van der Waals surface area contributed by atoms with Crippen LogP contribution in [0.2, 0.25) is 0 Å². The number of aliphatic hydroxyl groups is 1. The number of aliphatic hydroxyl groups excluding tert-OH is 1. The van der Waals surface area contributed by atoms with Gasteiger partial charge in [-0.2, -0.15) is 0 Å². The maximum atomic E-state index is 10.2. The van der Waals surface area contributed by atoms with Gasteiger partial charge in [0.1, 0.15) is 0 Å². The lowest BCUT2D eigenvalue weighted by molar-refractivity contribution is 0.127. The van der Waals surface area contributed by atoms with E-state index in [1.165, 1.54) is 52.3 Å². The van der Waals surface area contributed by atoms with Crippen LogP contribution in [0.5, 0.6) is 0 Å². The van der Waals surface area contributed by atoms with E-state index in [1.54, 1.807) is 0 Å². The largest absolute Gasteiger partial charge is 0.393 e. The second kappa shape index (κ2) is 6.55. The standard InChI is InChI=1S/C23H25N3OS/c27-23-12-17-10-16(23)14-26(17)22-7-6-18(28-25-8-3-9-25)13-19(22)21-11-15-4-1-2-5-20(15)24-21/h1-2,4-7,11,13,16-17,23-24,27H,3,8-10,12,14H2/t16?,17-,23?/m1/s1. The molecule has 4 nitrogen and oxygen atoms in total. The van der Waals surface area contributed by atoms with Crippen molar-refractivity contribution in [2.75, 3.05) is 24.5 Å². The molecule has 2 unspecified atom stereocenters. The molecule has 2 N–H and O–H groups in total. The normalized spacial score (nSPS) is 26.9. The molecule has 3 atom stereocenters. The van der Waals surface area contributed by atoms with Crippen molar-refractivity contribution in [2.45, 2.75) is 36.3 Å². The zero-order valence-corrected chi connectivity index (χ0v) is 16.7. The molecule has 3 heterocycles. The van der Waals surface area contributed by atoms with E-state index in [4.69, 9.17) is 0 Å². The Hall–Kier alpha value is -1.95. The third-order valence-corrected chi connectivity index (χ3v) is 7.74. The van der Waals surface area contributed by atoms with Crippen LogP contribution in [-0.4, -0.2) is 46.2 Å². The van der Waals surface area contributed by atoms with Crippen molar-refractivity contribution in [3.8, 4) is 11.3 Å². The van der Waals surface area contributed by atoms with Gasteiger partial charge in [-0.25, -0.2) is 4.31 Å². The van der Waals surface area contributed by atoms with Crippen LogP contribution in [0, 0.1) is 5.92 Å². The summed E-state index contributed by atoms with van der Waals surface area (Å²) in [7, 11) is 0. The second-order valence-corrected chi connectivity index (χ2v) is 9.60. The Morgan fingerprint density at radius 3 is 2.64 bits per heavy atom. The Morgan fingerprint density at radius 1 is 1.04 bits per heavy atom. The number of para-hydroxylation sites is 1. The maximum absolute atomic E-state index is 10.2. The molecule has 2 saturated heterocycles. The highest BCUT2D eigenvalue weighted by Crippen LogP contribution is 2.45. The molecule has 0 radical (unpaired) electrons. The summed E-state index contributed by atoms with van der Waals surface area (Å²) >= 11 is 1.87. The molecule has 0 amide bonds. The summed E-state index contributed by atoms with van der Waals surface area (Å²) in [5, 5.41) is 11.5. The average molecular weight is 392 g/mol. The van der Waals surface area contributed by atoms with Gasteiger partial charge in [0.25, 0.3) is 0 Å². The van der Waals surface area contributed by atoms with E-state index in [-0.39, 0.29) is 6.10 Å². The number of anilines is 1. The number of piperidine rings is 1. The summed E-state index contributed by atoms with van der Waals surface area (Å²) < 4.78 is 2.43. The molecular weight excluding hydrogens is 366 g/mol. The second-order valence-electron chi connectivity index (χ2n) is 8.43. The van der Waals surface area contributed by atoms with E-state index in [1.807, 2.05) is 11.9 Å². The zero-order valence-electron chi connectivity index (χ0n) is 15.8. The lowest BCUT2D eigenvalue weighted by atomic mass is 10.0. The van der Waals surface area contributed by atoms with Crippen LogP contribution < -0.4 is 4.90 Å². The number of rotatable bonds is 4. The first kappa shape index (κ1) is 17.0. The monoisotopic (exact) mass is 391 g/mol. The molecule has 3 aliphatic rings. The van der Waals surface area contributed by atoms with E-state index >= 15 is 0 Å².